The minimum Gasteiger partial charge on any atom is -0.423 e. The summed E-state index contributed by atoms with van der Waals surface area (Å²) < 4.78 is 27.5. The number of hydrogen-bond donors (Lipinski definition) is 2. The minimum absolute atomic E-state index is 0.0140. The second kappa shape index (κ2) is 7.10. The fraction of sp³-hybridized carbons (Fsp3) is 0. The summed E-state index contributed by atoms with van der Waals surface area (Å²) in [5, 5.41) is 18.7. The highest BCUT2D eigenvalue weighted by Gasteiger charge is 2.21. The monoisotopic (exact) mass is 379 g/mol. The highest BCUT2D eigenvalue weighted by Crippen LogP contribution is 2.34. The number of benzene rings is 2. The fourth-order valence-corrected chi connectivity index (χ4v) is 3.12. The standard InChI is InChI=1S/C17H10BCl2F2NO2/c19-14-6-11(21)1-2-12(14)9-5-10(8-23-7-9)16-15(22)4-3-13(17(16)20)18(24)25/h1-8,24-25H. The molecule has 0 radical (unpaired) electrons. The van der Waals surface area contributed by atoms with Crippen LogP contribution in [0.2, 0.25) is 10.0 Å². The van der Waals surface area contributed by atoms with Crippen LogP contribution in [-0.4, -0.2) is 22.2 Å². The lowest BCUT2D eigenvalue weighted by Gasteiger charge is -2.12. The number of nitrogens with zero attached hydrogens (tertiary/aromatic N) is 1. The zero-order chi connectivity index (χ0) is 18.1. The average molecular weight is 380 g/mol. The molecule has 126 valence electrons. The lowest BCUT2D eigenvalue weighted by molar-refractivity contribution is 0.426. The van der Waals surface area contributed by atoms with E-state index in [-0.39, 0.29) is 21.1 Å². The summed E-state index contributed by atoms with van der Waals surface area (Å²) in [5.74, 6) is -1.12. The van der Waals surface area contributed by atoms with Crippen LogP contribution in [0.1, 0.15) is 0 Å². The maximum absolute atomic E-state index is 14.3. The van der Waals surface area contributed by atoms with E-state index in [9.17, 15) is 18.8 Å². The van der Waals surface area contributed by atoms with E-state index in [0.717, 1.165) is 6.07 Å². The first-order valence-corrected chi connectivity index (χ1v) is 7.89. The van der Waals surface area contributed by atoms with Gasteiger partial charge in [0.05, 0.1) is 10.0 Å². The van der Waals surface area contributed by atoms with Crippen LogP contribution in [0.15, 0.2) is 48.8 Å². The molecule has 0 aliphatic carbocycles. The van der Waals surface area contributed by atoms with E-state index in [1.54, 1.807) is 6.07 Å². The van der Waals surface area contributed by atoms with Gasteiger partial charge in [-0.1, -0.05) is 29.3 Å². The molecule has 0 saturated carbocycles. The predicted molar refractivity (Wildman–Crippen MR) is 94.9 cm³/mol. The third-order valence-corrected chi connectivity index (χ3v) is 4.39. The quantitative estimate of drug-likeness (QED) is 0.682. The maximum atomic E-state index is 14.3. The van der Waals surface area contributed by atoms with Gasteiger partial charge in [0.1, 0.15) is 11.6 Å². The first-order valence-electron chi connectivity index (χ1n) is 7.13. The SMILES string of the molecule is OB(O)c1ccc(F)c(-c2cncc(-c3ccc(F)cc3Cl)c2)c1Cl. The normalized spacial score (nSPS) is 10.8. The van der Waals surface area contributed by atoms with E-state index < -0.39 is 18.8 Å². The Morgan fingerprint density at radius 1 is 0.920 bits per heavy atom. The van der Waals surface area contributed by atoms with E-state index in [0.29, 0.717) is 16.7 Å². The molecule has 2 N–H and O–H groups in total. The van der Waals surface area contributed by atoms with Crippen LogP contribution in [0.3, 0.4) is 0 Å². The molecule has 0 fully saturated rings. The molecule has 0 aliphatic heterocycles. The van der Waals surface area contributed by atoms with Crippen molar-refractivity contribution in [2.24, 2.45) is 0 Å². The second-order valence-corrected chi connectivity index (χ2v) is 6.07. The summed E-state index contributed by atoms with van der Waals surface area (Å²) in [4.78, 5) is 4.05. The number of rotatable bonds is 3. The van der Waals surface area contributed by atoms with Crippen LogP contribution in [-0.2, 0) is 0 Å². The fourth-order valence-electron chi connectivity index (χ4n) is 2.48. The van der Waals surface area contributed by atoms with Crippen molar-refractivity contribution in [3.05, 3.63) is 70.5 Å². The first-order chi connectivity index (χ1) is 11.9. The van der Waals surface area contributed by atoms with Gasteiger partial charge in [-0.3, -0.25) is 4.98 Å². The van der Waals surface area contributed by atoms with Crippen molar-refractivity contribution in [2.45, 2.75) is 0 Å². The van der Waals surface area contributed by atoms with Gasteiger partial charge < -0.3 is 10.0 Å². The van der Waals surface area contributed by atoms with Crippen LogP contribution in [0.5, 0.6) is 0 Å². The first kappa shape index (κ1) is 17.8. The Balaban J connectivity index is 2.16. The molecular weight excluding hydrogens is 370 g/mol. The van der Waals surface area contributed by atoms with Crippen LogP contribution in [0.25, 0.3) is 22.3 Å². The van der Waals surface area contributed by atoms with Crippen molar-refractivity contribution in [3.63, 3.8) is 0 Å². The summed E-state index contributed by atoms with van der Waals surface area (Å²) in [5.41, 5.74) is 1.34. The molecular formula is C17H10BCl2F2NO2. The van der Waals surface area contributed by atoms with Gasteiger partial charge in [0.15, 0.2) is 0 Å². The molecule has 1 aromatic heterocycles. The largest absolute Gasteiger partial charge is 0.489 e. The highest BCUT2D eigenvalue weighted by molar-refractivity contribution is 6.63. The second-order valence-electron chi connectivity index (χ2n) is 5.29. The number of halogens is 4. The Labute approximate surface area is 152 Å². The molecule has 3 aromatic rings. The molecule has 3 nitrogen and oxygen atoms in total. The number of pyridine rings is 1. The number of hydrogen-bond acceptors (Lipinski definition) is 3. The smallest absolute Gasteiger partial charge is 0.423 e. The van der Waals surface area contributed by atoms with Gasteiger partial charge in [-0.25, -0.2) is 8.78 Å². The summed E-state index contributed by atoms with van der Waals surface area (Å²) in [7, 11) is -1.84. The molecule has 8 heteroatoms. The van der Waals surface area contributed by atoms with Crippen LogP contribution < -0.4 is 5.46 Å². The molecule has 0 amide bonds. The molecule has 25 heavy (non-hydrogen) atoms. The van der Waals surface area contributed by atoms with Gasteiger partial charge in [-0.05, 0) is 30.3 Å². The predicted octanol–water partition coefficient (Wildman–Crippen LogP) is 3.68. The van der Waals surface area contributed by atoms with E-state index in [4.69, 9.17) is 23.2 Å². The molecule has 0 spiro atoms. The Morgan fingerprint density at radius 3 is 2.32 bits per heavy atom. The summed E-state index contributed by atoms with van der Waals surface area (Å²) in [6.07, 6.45) is 2.89. The highest BCUT2D eigenvalue weighted by atomic mass is 35.5. The van der Waals surface area contributed by atoms with Crippen LogP contribution in [0, 0.1) is 11.6 Å². The van der Waals surface area contributed by atoms with Gasteiger partial charge in [0.2, 0.25) is 0 Å². The Kier molecular flexibility index (Phi) is 5.06. The van der Waals surface area contributed by atoms with Gasteiger partial charge in [0.25, 0.3) is 0 Å². The minimum atomic E-state index is -1.84. The molecule has 2 aromatic carbocycles. The van der Waals surface area contributed by atoms with E-state index in [1.807, 2.05) is 0 Å². The van der Waals surface area contributed by atoms with Crippen molar-refractivity contribution in [3.8, 4) is 22.3 Å². The summed E-state index contributed by atoms with van der Waals surface area (Å²) in [6, 6.07) is 7.78. The van der Waals surface area contributed by atoms with Crippen LogP contribution >= 0.6 is 23.2 Å². The van der Waals surface area contributed by atoms with Crippen molar-refractivity contribution < 1.29 is 18.8 Å². The maximum Gasteiger partial charge on any atom is 0.489 e. The van der Waals surface area contributed by atoms with Gasteiger partial charge in [-0.15, -0.1) is 0 Å². The summed E-state index contributed by atoms with van der Waals surface area (Å²) >= 11 is 12.2. The van der Waals surface area contributed by atoms with E-state index in [1.165, 1.54) is 36.7 Å². The van der Waals surface area contributed by atoms with Crippen molar-refractivity contribution in [2.75, 3.05) is 0 Å². The third kappa shape index (κ3) is 3.53. The Hall–Kier alpha value is -1.99. The Morgan fingerprint density at radius 2 is 1.64 bits per heavy atom. The van der Waals surface area contributed by atoms with Crippen molar-refractivity contribution in [1.29, 1.82) is 0 Å². The van der Waals surface area contributed by atoms with E-state index in [2.05, 4.69) is 4.98 Å². The molecule has 0 bridgehead atoms. The molecule has 0 atom stereocenters. The average Bonchev–Trinajstić information content (AvgIpc) is 2.55. The molecule has 3 rings (SSSR count). The van der Waals surface area contributed by atoms with Gasteiger partial charge in [-0.2, -0.15) is 0 Å². The zero-order valence-corrected chi connectivity index (χ0v) is 14.1. The zero-order valence-electron chi connectivity index (χ0n) is 12.5. The topological polar surface area (TPSA) is 53.4 Å². The molecule has 0 aliphatic rings. The summed E-state index contributed by atoms with van der Waals surface area (Å²) in [6.45, 7) is 0. The van der Waals surface area contributed by atoms with Gasteiger partial charge >= 0.3 is 7.12 Å². The van der Waals surface area contributed by atoms with Gasteiger partial charge in [0, 0.05) is 40.1 Å². The Bertz CT molecular complexity index is 954. The van der Waals surface area contributed by atoms with Crippen molar-refractivity contribution >= 4 is 35.8 Å². The van der Waals surface area contributed by atoms with E-state index >= 15 is 0 Å². The number of aromatic nitrogens is 1. The molecule has 0 saturated heterocycles. The molecule has 1 heterocycles. The van der Waals surface area contributed by atoms with Crippen LogP contribution in [0.4, 0.5) is 8.78 Å². The third-order valence-electron chi connectivity index (χ3n) is 3.67. The molecule has 0 unspecified atom stereocenters. The van der Waals surface area contributed by atoms with Crippen molar-refractivity contribution in [1.82, 2.24) is 4.98 Å². The lowest BCUT2D eigenvalue weighted by Crippen LogP contribution is -2.31. The lowest BCUT2D eigenvalue weighted by atomic mass is 9.79.